The van der Waals surface area contributed by atoms with Crippen LogP contribution >= 0.6 is 27.5 Å². The summed E-state index contributed by atoms with van der Waals surface area (Å²) >= 11 is 9.23. The van der Waals surface area contributed by atoms with Gasteiger partial charge >= 0.3 is 0 Å². The van der Waals surface area contributed by atoms with Crippen molar-refractivity contribution < 1.29 is 4.39 Å². The van der Waals surface area contributed by atoms with Crippen LogP contribution in [0, 0.1) is 17.1 Å². The van der Waals surface area contributed by atoms with Gasteiger partial charge < -0.3 is 11.5 Å². The summed E-state index contributed by atoms with van der Waals surface area (Å²) < 4.78 is 14.9. The molecule has 4 N–H and O–H groups in total. The van der Waals surface area contributed by atoms with Crippen LogP contribution in [0.1, 0.15) is 37.7 Å². The third-order valence-electron chi connectivity index (χ3n) is 4.33. The van der Waals surface area contributed by atoms with Gasteiger partial charge in [-0.1, -0.05) is 18.0 Å². The van der Waals surface area contributed by atoms with Crippen LogP contribution in [0.5, 0.6) is 0 Å². The van der Waals surface area contributed by atoms with Gasteiger partial charge in [0.05, 0.1) is 10.7 Å². The minimum absolute atomic E-state index is 0.0864. The Hall–Kier alpha value is -1.85. The SMILES string of the molecule is N#Cc1c(F)c(Cl)cc(Br)c1N1C(N)=NC(N)=NC12CCCCC2. The number of aliphatic imine (C=N–C) groups is 2. The van der Waals surface area contributed by atoms with Gasteiger partial charge in [0.25, 0.3) is 0 Å². The second-order valence-corrected chi connectivity index (χ2v) is 7.07. The molecule has 126 valence electrons. The molecule has 1 aliphatic carbocycles. The monoisotopic (exact) mass is 412 g/mol. The second-order valence-electron chi connectivity index (χ2n) is 5.81. The van der Waals surface area contributed by atoms with Crippen molar-refractivity contribution >= 4 is 45.1 Å². The Labute approximate surface area is 152 Å². The van der Waals surface area contributed by atoms with Gasteiger partial charge in [0, 0.05) is 4.47 Å². The minimum atomic E-state index is -0.793. The van der Waals surface area contributed by atoms with E-state index in [1.54, 1.807) is 4.90 Å². The molecule has 2 aliphatic rings. The lowest BCUT2D eigenvalue weighted by molar-refractivity contribution is 0.305. The Morgan fingerprint density at radius 2 is 2.00 bits per heavy atom. The lowest BCUT2D eigenvalue weighted by Gasteiger charge is -2.46. The van der Waals surface area contributed by atoms with E-state index in [4.69, 9.17) is 23.1 Å². The van der Waals surface area contributed by atoms with Crippen molar-refractivity contribution in [1.29, 1.82) is 5.26 Å². The summed E-state index contributed by atoms with van der Waals surface area (Å²) in [6.07, 6.45) is 4.30. The summed E-state index contributed by atoms with van der Waals surface area (Å²) in [4.78, 5) is 10.2. The van der Waals surface area contributed by atoms with Crippen LogP contribution < -0.4 is 16.4 Å². The van der Waals surface area contributed by atoms with Gasteiger partial charge in [-0.3, -0.25) is 4.90 Å². The van der Waals surface area contributed by atoms with Crippen molar-refractivity contribution in [3.63, 3.8) is 0 Å². The molecule has 6 nitrogen and oxygen atoms in total. The van der Waals surface area contributed by atoms with Crippen molar-refractivity contribution in [2.24, 2.45) is 21.5 Å². The van der Waals surface area contributed by atoms with Crippen LogP contribution in [0.3, 0.4) is 0 Å². The van der Waals surface area contributed by atoms with Crippen LogP contribution in [0.25, 0.3) is 0 Å². The number of nitriles is 1. The third-order valence-corrected chi connectivity index (χ3v) is 5.21. The Kier molecular flexibility index (Phi) is 4.40. The summed E-state index contributed by atoms with van der Waals surface area (Å²) in [5.74, 6) is -0.614. The molecule has 0 unspecified atom stereocenters. The second kappa shape index (κ2) is 6.22. The Morgan fingerprint density at radius 3 is 2.62 bits per heavy atom. The maximum Gasteiger partial charge on any atom is 0.220 e. The molecule has 1 aromatic rings. The molecule has 1 heterocycles. The molecule has 9 heteroatoms. The molecule has 24 heavy (non-hydrogen) atoms. The largest absolute Gasteiger partial charge is 0.369 e. The fourth-order valence-corrected chi connectivity index (χ4v) is 4.29. The molecule has 0 aromatic heterocycles. The van der Waals surface area contributed by atoms with Crippen molar-refractivity contribution in [2.45, 2.75) is 37.8 Å². The fourth-order valence-electron chi connectivity index (χ4n) is 3.35. The highest BCUT2D eigenvalue weighted by atomic mass is 79.9. The number of nitrogens with zero attached hydrogens (tertiary/aromatic N) is 4. The molecule has 3 rings (SSSR count). The molecule has 1 aliphatic heterocycles. The smallest absolute Gasteiger partial charge is 0.220 e. The highest BCUT2D eigenvalue weighted by Crippen LogP contribution is 2.44. The number of hydrogen-bond acceptors (Lipinski definition) is 6. The zero-order valence-electron chi connectivity index (χ0n) is 12.7. The van der Waals surface area contributed by atoms with E-state index in [2.05, 4.69) is 25.9 Å². The van der Waals surface area contributed by atoms with Crippen molar-refractivity contribution in [3.05, 3.63) is 26.9 Å². The van der Waals surface area contributed by atoms with Gasteiger partial charge in [-0.05, 0) is 47.7 Å². The summed E-state index contributed by atoms with van der Waals surface area (Å²) in [7, 11) is 0. The van der Waals surface area contributed by atoms with Crippen molar-refractivity contribution in [1.82, 2.24) is 0 Å². The highest BCUT2D eigenvalue weighted by molar-refractivity contribution is 9.10. The summed E-state index contributed by atoms with van der Waals surface area (Å²) in [5, 5.41) is 9.32. The van der Waals surface area contributed by atoms with E-state index >= 15 is 0 Å². The number of rotatable bonds is 1. The zero-order valence-corrected chi connectivity index (χ0v) is 15.0. The van der Waals surface area contributed by atoms with E-state index in [9.17, 15) is 9.65 Å². The predicted molar refractivity (Wildman–Crippen MR) is 95.4 cm³/mol. The Morgan fingerprint density at radius 1 is 1.33 bits per heavy atom. The molecule has 0 atom stereocenters. The van der Waals surface area contributed by atoms with Gasteiger partial charge in [0.2, 0.25) is 11.9 Å². The van der Waals surface area contributed by atoms with E-state index in [0.717, 1.165) is 19.3 Å². The zero-order chi connectivity index (χ0) is 17.5. The molecule has 1 saturated carbocycles. The van der Waals surface area contributed by atoms with Gasteiger partial charge in [0.15, 0.2) is 5.82 Å². The molecular weight excluding hydrogens is 399 g/mol. The highest BCUT2D eigenvalue weighted by Gasteiger charge is 2.44. The average molecular weight is 414 g/mol. The number of guanidine groups is 2. The number of hydrogen-bond donors (Lipinski definition) is 2. The van der Waals surface area contributed by atoms with Gasteiger partial charge in [-0.15, -0.1) is 0 Å². The van der Waals surface area contributed by atoms with Gasteiger partial charge in [-0.2, -0.15) is 10.3 Å². The predicted octanol–water partition coefficient (Wildman–Crippen LogP) is 3.22. The number of benzene rings is 1. The van der Waals surface area contributed by atoms with Crippen LogP contribution in [0.15, 0.2) is 20.5 Å². The lowest BCUT2D eigenvalue weighted by Crippen LogP contribution is -2.58. The molecule has 0 amide bonds. The molecule has 1 spiro atoms. The topological polar surface area (TPSA) is 104 Å². The fraction of sp³-hybridized carbons (Fsp3) is 0.400. The molecule has 0 bridgehead atoms. The van der Waals surface area contributed by atoms with E-state index in [1.807, 2.05) is 6.07 Å². The molecule has 1 fully saturated rings. The maximum atomic E-state index is 14.4. The Balaban J connectivity index is 2.26. The number of nitrogens with two attached hydrogens (primary N) is 2. The average Bonchev–Trinajstić information content (AvgIpc) is 2.52. The normalized spacial score (nSPS) is 19.7. The van der Waals surface area contributed by atoms with E-state index in [-0.39, 0.29) is 28.2 Å². The number of halogens is 3. The van der Waals surface area contributed by atoms with Crippen molar-refractivity contribution in [3.8, 4) is 6.07 Å². The summed E-state index contributed by atoms with van der Waals surface area (Å²) in [6, 6.07) is 3.28. The van der Waals surface area contributed by atoms with Crippen LogP contribution in [0.2, 0.25) is 5.02 Å². The van der Waals surface area contributed by atoms with Crippen molar-refractivity contribution in [2.75, 3.05) is 4.90 Å². The number of anilines is 1. The molecule has 0 saturated heterocycles. The molecular formula is C15H15BrClFN6. The van der Waals surface area contributed by atoms with Crippen LogP contribution in [-0.2, 0) is 0 Å². The first-order valence-electron chi connectivity index (χ1n) is 7.47. The van der Waals surface area contributed by atoms with Crippen LogP contribution in [0.4, 0.5) is 10.1 Å². The van der Waals surface area contributed by atoms with Gasteiger partial charge in [-0.25, -0.2) is 9.38 Å². The van der Waals surface area contributed by atoms with Crippen LogP contribution in [-0.4, -0.2) is 17.6 Å². The first-order chi connectivity index (χ1) is 11.4. The third kappa shape index (κ3) is 2.62. The van der Waals surface area contributed by atoms with E-state index in [0.29, 0.717) is 17.3 Å². The quantitative estimate of drug-likeness (QED) is 0.690. The Bertz CT molecular complexity index is 794. The standard InChI is InChI=1S/C15H15BrClFN6/c16-9-6-10(17)11(18)8(7-19)12(9)24-14(21)22-13(20)23-15(24)4-2-1-3-5-15/h6H,1-5H2,(H4,20,21,22,23). The summed E-state index contributed by atoms with van der Waals surface area (Å²) in [5.41, 5.74) is 11.2. The first kappa shape index (κ1) is 17.0. The lowest BCUT2D eigenvalue weighted by atomic mass is 9.87. The molecule has 0 radical (unpaired) electrons. The molecule has 1 aromatic carbocycles. The first-order valence-corrected chi connectivity index (χ1v) is 8.64. The van der Waals surface area contributed by atoms with Gasteiger partial charge in [0.1, 0.15) is 17.3 Å². The maximum absolute atomic E-state index is 14.4. The summed E-state index contributed by atoms with van der Waals surface area (Å²) in [6.45, 7) is 0. The van der Waals surface area contributed by atoms with E-state index < -0.39 is 11.5 Å². The van der Waals surface area contributed by atoms with E-state index in [1.165, 1.54) is 6.07 Å². The minimum Gasteiger partial charge on any atom is -0.369 e.